The molecule has 5 heteroatoms. The fourth-order valence-electron chi connectivity index (χ4n) is 1.93. The van der Waals surface area contributed by atoms with E-state index in [4.69, 9.17) is 4.52 Å². The molecule has 0 bridgehead atoms. The molecular weight excluding hydrogens is 258 g/mol. The van der Waals surface area contributed by atoms with Crippen molar-refractivity contribution in [3.63, 3.8) is 0 Å². The zero-order chi connectivity index (χ0) is 14.3. The molecular formula is C14H27N3OS. The van der Waals surface area contributed by atoms with Crippen LogP contribution < -0.4 is 5.32 Å². The van der Waals surface area contributed by atoms with Gasteiger partial charge in [-0.25, -0.2) is 0 Å². The maximum absolute atomic E-state index is 5.41. The molecule has 2 unspecified atom stereocenters. The summed E-state index contributed by atoms with van der Waals surface area (Å²) < 4.78 is 5.41. The largest absolute Gasteiger partial charge is 0.339 e. The molecule has 0 spiro atoms. The molecule has 0 fully saturated rings. The maximum Gasteiger partial charge on any atom is 0.231 e. The Bertz CT molecular complexity index is 354. The monoisotopic (exact) mass is 285 g/mol. The lowest BCUT2D eigenvalue weighted by atomic mass is 9.99. The molecule has 110 valence electrons. The predicted octanol–water partition coefficient (Wildman–Crippen LogP) is 3.59. The molecule has 0 saturated carbocycles. The standard InChI is InChI=1S/C14H27N3OS/c1-6-8-15-12(7-2)11(5)14-16-13(17-18-14)9-19-10(3)4/h10-12,15H,6-9H2,1-5H3. The Labute approximate surface area is 121 Å². The van der Waals surface area contributed by atoms with Crippen molar-refractivity contribution in [3.05, 3.63) is 11.7 Å². The van der Waals surface area contributed by atoms with Gasteiger partial charge in [0.1, 0.15) is 0 Å². The first-order valence-electron chi connectivity index (χ1n) is 7.25. The summed E-state index contributed by atoms with van der Waals surface area (Å²) in [5.41, 5.74) is 0. The Hall–Kier alpha value is -0.550. The molecule has 4 nitrogen and oxygen atoms in total. The molecule has 0 amide bonds. The molecule has 0 aliphatic rings. The smallest absolute Gasteiger partial charge is 0.231 e. The van der Waals surface area contributed by atoms with E-state index < -0.39 is 0 Å². The molecule has 0 aromatic carbocycles. The Morgan fingerprint density at radius 3 is 2.58 bits per heavy atom. The second kappa shape index (κ2) is 8.59. The lowest BCUT2D eigenvalue weighted by Crippen LogP contribution is -2.33. The van der Waals surface area contributed by atoms with Gasteiger partial charge in [-0.1, -0.05) is 39.8 Å². The maximum atomic E-state index is 5.41. The minimum atomic E-state index is 0.266. The quantitative estimate of drug-likeness (QED) is 0.751. The molecule has 1 aromatic rings. The third-order valence-corrected chi connectivity index (χ3v) is 4.21. The van der Waals surface area contributed by atoms with Crippen molar-refractivity contribution in [2.24, 2.45) is 0 Å². The van der Waals surface area contributed by atoms with Gasteiger partial charge in [0.2, 0.25) is 5.89 Å². The fraction of sp³-hybridized carbons (Fsp3) is 0.857. The van der Waals surface area contributed by atoms with Crippen LogP contribution in [0.2, 0.25) is 0 Å². The van der Waals surface area contributed by atoms with Gasteiger partial charge in [-0.2, -0.15) is 16.7 Å². The topological polar surface area (TPSA) is 51.0 Å². The third kappa shape index (κ3) is 5.53. The van der Waals surface area contributed by atoms with Gasteiger partial charge in [0.25, 0.3) is 0 Å². The third-order valence-electron chi connectivity index (χ3n) is 3.12. The van der Waals surface area contributed by atoms with Crippen LogP contribution in [0.1, 0.15) is 65.1 Å². The van der Waals surface area contributed by atoms with Gasteiger partial charge in [-0.15, -0.1) is 0 Å². The summed E-state index contributed by atoms with van der Waals surface area (Å²) in [4.78, 5) is 4.52. The number of thioether (sulfide) groups is 1. The molecule has 0 aliphatic carbocycles. The zero-order valence-corrected chi connectivity index (χ0v) is 13.6. The summed E-state index contributed by atoms with van der Waals surface area (Å²) in [7, 11) is 0. The van der Waals surface area contributed by atoms with Gasteiger partial charge >= 0.3 is 0 Å². The molecule has 0 aliphatic heterocycles. The van der Waals surface area contributed by atoms with Crippen LogP contribution in [0.25, 0.3) is 0 Å². The van der Waals surface area contributed by atoms with Crippen molar-refractivity contribution in [2.75, 3.05) is 6.54 Å². The molecule has 2 atom stereocenters. The summed E-state index contributed by atoms with van der Waals surface area (Å²) >= 11 is 1.84. The van der Waals surface area contributed by atoms with E-state index in [1.807, 2.05) is 11.8 Å². The van der Waals surface area contributed by atoms with Crippen molar-refractivity contribution in [1.82, 2.24) is 15.5 Å². The van der Waals surface area contributed by atoms with Crippen molar-refractivity contribution < 1.29 is 4.52 Å². The second-order valence-electron chi connectivity index (χ2n) is 5.17. The number of nitrogens with zero attached hydrogens (tertiary/aromatic N) is 2. The van der Waals surface area contributed by atoms with Crippen LogP contribution in [-0.2, 0) is 5.75 Å². The van der Waals surface area contributed by atoms with Crippen LogP contribution in [-0.4, -0.2) is 28.0 Å². The lowest BCUT2D eigenvalue weighted by molar-refractivity contribution is 0.318. The van der Waals surface area contributed by atoms with E-state index in [1.54, 1.807) is 0 Å². The van der Waals surface area contributed by atoms with Crippen LogP contribution in [0.5, 0.6) is 0 Å². The number of aromatic nitrogens is 2. The summed E-state index contributed by atoms with van der Waals surface area (Å²) in [5.74, 6) is 2.66. The average molecular weight is 285 g/mol. The molecule has 19 heavy (non-hydrogen) atoms. The van der Waals surface area contributed by atoms with E-state index in [-0.39, 0.29) is 5.92 Å². The zero-order valence-electron chi connectivity index (χ0n) is 12.8. The summed E-state index contributed by atoms with van der Waals surface area (Å²) in [6, 6.07) is 0.408. The summed E-state index contributed by atoms with van der Waals surface area (Å²) in [6.45, 7) is 11.9. The first kappa shape index (κ1) is 16.5. The predicted molar refractivity (Wildman–Crippen MR) is 81.5 cm³/mol. The SMILES string of the molecule is CCCNC(CC)C(C)c1nc(CSC(C)C)no1. The highest BCUT2D eigenvalue weighted by Crippen LogP contribution is 2.21. The van der Waals surface area contributed by atoms with E-state index >= 15 is 0 Å². The second-order valence-corrected chi connectivity index (χ2v) is 6.73. The van der Waals surface area contributed by atoms with Crippen molar-refractivity contribution >= 4 is 11.8 Å². The molecule has 1 heterocycles. The molecule has 0 saturated heterocycles. The highest BCUT2D eigenvalue weighted by atomic mass is 32.2. The van der Waals surface area contributed by atoms with Crippen LogP contribution >= 0.6 is 11.8 Å². The fourth-order valence-corrected chi connectivity index (χ4v) is 2.53. The van der Waals surface area contributed by atoms with Gasteiger partial charge in [-0.3, -0.25) is 0 Å². The van der Waals surface area contributed by atoms with Crippen LogP contribution in [0, 0.1) is 0 Å². The number of nitrogens with one attached hydrogen (secondary N) is 1. The van der Waals surface area contributed by atoms with Gasteiger partial charge in [0, 0.05) is 6.04 Å². The van der Waals surface area contributed by atoms with Gasteiger partial charge in [0.15, 0.2) is 5.82 Å². The Balaban J connectivity index is 2.57. The molecule has 0 radical (unpaired) electrons. The summed E-state index contributed by atoms with van der Waals surface area (Å²) in [5, 5.41) is 8.21. The first-order valence-corrected chi connectivity index (χ1v) is 8.30. The number of hydrogen-bond acceptors (Lipinski definition) is 5. The van der Waals surface area contributed by atoms with E-state index in [0.29, 0.717) is 11.3 Å². The van der Waals surface area contributed by atoms with Gasteiger partial charge in [0.05, 0.1) is 11.7 Å². The van der Waals surface area contributed by atoms with E-state index in [2.05, 4.69) is 50.1 Å². The van der Waals surface area contributed by atoms with Crippen molar-refractivity contribution in [1.29, 1.82) is 0 Å². The lowest BCUT2D eigenvalue weighted by Gasteiger charge is -2.20. The van der Waals surface area contributed by atoms with E-state index in [0.717, 1.165) is 36.9 Å². The van der Waals surface area contributed by atoms with Crippen molar-refractivity contribution in [3.8, 4) is 0 Å². The summed E-state index contributed by atoms with van der Waals surface area (Å²) in [6.07, 6.45) is 2.21. The highest BCUT2D eigenvalue weighted by Gasteiger charge is 2.22. The highest BCUT2D eigenvalue weighted by molar-refractivity contribution is 7.99. The minimum Gasteiger partial charge on any atom is -0.339 e. The van der Waals surface area contributed by atoms with Gasteiger partial charge in [-0.05, 0) is 24.6 Å². The normalized spacial score (nSPS) is 14.8. The van der Waals surface area contributed by atoms with Crippen LogP contribution in [0.4, 0.5) is 0 Å². The molecule has 1 rings (SSSR count). The van der Waals surface area contributed by atoms with Gasteiger partial charge < -0.3 is 9.84 Å². The van der Waals surface area contributed by atoms with Crippen LogP contribution in [0.15, 0.2) is 4.52 Å². The first-order chi connectivity index (χ1) is 9.08. The Morgan fingerprint density at radius 2 is 2.00 bits per heavy atom. The Kier molecular flexibility index (Phi) is 7.46. The van der Waals surface area contributed by atoms with E-state index in [1.165, 1.54) is 0 Å². The minimum absolute atomic E-state index is 0.266. The van der Waals surface area contributed by atoms with Crippen LogP contribution in [0.3, 0.4) is 0 Å². The van der Waals surface area contributed by atoms with Crippen molar-refractivity contribution in [2.45, 2.75) is 70.4 Å². The molecule has 1 N–H and O–H groups in total. The number of hydrogen-bond donors (Lipinski definition) is 1. The van der Waals surface area contributed by atoms with E-state index in [9.17, 15) is 0 Å². The Morgan fingerprint density at radius 1 is 1.26 bits per heavy atom. The molecule has 1 aromatic heterocycles. The number of rotatable bonds is 9. The average Bonchev–Trinajstić information content (AvgIpc) is 2.85.